The maximum Gasteiger partial charge on any atom is 0.416 e. The molecule has 0 bridgehead atoms. The molecule has 1 N–H and O–H groups in total. The predicted molar refractivity (Wildman–Crippen MR) is 138 cm³/mol. The van der Waals surface area contributed by atoms with Gasteiger partial charge in [0.15, 0.2) is 0 Å². The zero-order valence-electron chi connectivity index (χ0n) is 21.6. The fourth-order valence-corrected chi connectivity index (χ4v) is 5.24. The van der Waals surface area contributed by atoms with Crippen LogP contribution in [0.4, 0.5) is 17.6 Å². The second kappa shape index (κ2) is 12.8. The van der Waals surface area contributed by atoms with Gasteiger partial charge < -0.3 is 19.5 Å². The third-order valence-corrected chi connectivity index (χ3v) is 7.41. The van der Waals surface area contributed by atoms with Crippen molar-refractivity contribution in [1.29, 1.82) is 0 Å². The topological polar surface area (TPSA) is 65.5 Å². The molecule has 0 spiro atoms. The number of hydrogen-bond donors (Lipinski definition) is 1. The van der Waals surface area contributed by atoms with Crippen LogP contribution in [0.5, 0.6) is 5.75 Å². The number of carbonyl (C=O) groups is 1. The molecule has 1 amide bonds. The first-order valence-corrected chi connectivity index (χ1v) is 13.1. The molecule has 2 heterocycles. The number of rotatable bonds is 8. The average Bonchev–Trinajstić information content (AvgIpc) is 2.89. The number of ether oxygens (including phenoxy) is 2. The smallest absolute Gasteiger partial charge is 0.416 e. The molecule has 7 nitrogen and oxygen atoms in total. The Bertz CT molecular complexity index is 1150. The number of benzene rings is 2. The van der Waals surface area contributed by atoms with E-state index in [1.54, 1.807) is 19.2 Å². The maximum atomic E-state index is 14.1. The number of carbonyl (C=O) groups excluding carboxylic acids is 1. The van der Waals surface area contributed by atoms with Crippen molar-refractivity contribution in [3.05, 3.63) is 63.9 Å². The van der Waals surface area contributed by atoms with Crippen LogP contribution in [0.2, 0.25) is 5.02 Å². The van der Waals surface area contributed by atoms with Crippen LogP contribution in [0.15, 0.2) is 36.4 Å². The molecule has 0 unspecified atom stereocenters. The zero-order chi connectivity index (χ0) is 28.2. The second-order valence-corrected chi connectivity index (χ2v) is 10.3. The minimum Gasteiger partial charge on any atom is -0.506 e. The molecule has 0 aromatic heterocycles. The van der Waals surface area contributed by atoms with E-state index in [1.165, 1.54) is 11.0 Å². The van der Waals surface area contributed by atoms with Crippen LogP contribution in [0.3, 0.4) is 0 Å². The molecule has 0 aliphatic carbocycles. The maximum absolute atomic E-state index is 14.1. The SMILES string of the molecule is COC[C@@H]1CN(CCN2CCN(C(=O)c3cc(F)cc(C(F)(F)F)c3)[C@H](Cc3ccc(Cl)c(O)c3)C2)CCO1. The van der Waals surface area contributed by atoms with E-state index in [2.05, 4.69) is 9.80 Å². The monoisotopic (exact) mass is 573 g/mol. The van der Waals surface area contributed by atoms with E-state index < -0.39 is 29.5 Å². The van der Waals surface area contributed by atoms with Gasteiger partial charge in [0.1, 0.15) is 11.6 Å². The van der Waals surface area contributed by atoms with Gasteiger partial charge in [-0.25, -0.2) is 4.39 Å². The quantitative estimate of drug-likeness (QED) is 0.483. The number of methoxy groups -OCH3 is 1. The summed E-state index contributed by atoms with van der Waals surface area (Å²) in [4.78, 5) is 19.4. The summed E-state index contributed by atoms with van der Waals surface area (Å²) in [5.41, 5.74) is -0.842. The van der Waals surface area contributed by atoms with Gasteiger partial charge >= 0.3 is 6.18 Å². The van der Waals surface area contributed by atoms with Crippen LogP contribution in [0.1, 0.15) is 21.5 Å². The number of aromatic hydroxyl groups is 1. The number of hydrogen-bond acceptors (Lipinski definition) is 6. The predicted octanol–water partition coefficient (Wildman–Crippen LogP) is 3.92. The molecule has 2 aromatic carbocycles. The van der Waals surface area contributed by atoms with E-state index in [0.29, 0.717) is 50.4 Å². The molecule has 2 aromatic rings. The lowest BCUT2D eigenvalue weighted by Crippen LogP contribution is -2.57. The highest BCUT2D eigenvalue weighted by Gasteiger charge is 2.35. The van der Waals surface area contributed by atoms with E-state index >= 15 is 0 Å². The summed E-state index contributed by atoms with van der Waals surface area (Å²) >= 11 is 5.95. The lowest BCUT2D eigenvalue weighted by atomic mass is 10.00. The first-order chi connectivity index (χ1) is 18.5. The Morgan fingerprint density at radius 2 is 1.85 bits per heavy atom. The Labute approximate surface area is 229 Å². The number of morpholine rings is 1. The van der Waals surface area contributed by atoms with Gasteiger partial charge in [0.05, 0.1) is 29.9 Å². The Morgan fingerprint density at radius 3 is 2.54 bits per heavy atom. The molecule has 2 aliphatic rings. The minimum atomic E-state index is -4.78. The Hall–Kier alpha value is -2.44. The lowest BCUT2D eigenvalue weighted by Gasteiger charge is -2.42. The summed E-state index contributed by atoms with van der Waals surface area (Å²) in [5, 5.41) is 10.3. The summed E-state index contributed by atoms with van der Waals surface area (Å²) in [5.74, 6) is -1.89. The molecule has 2 atom stereocenters. The van der Waals surface area contributed by atoms with Crippen molar-refractivity contribution in [2.24, 2.45) is 0 Å². The molecule has 0 saturated carbocycles. The van der Waals surface area contributed by atoms with Crippen LogP contribution in [0, 0.1) is 5.82 Å². The van der Waals surface area contributed by atoms with Crippen molar-refractivity contribution >= 4 is 17.5 Å². The fourth-order valence-electron chi connectivity index (χ4n) is 5.12. The highest BCUT2D eigenvalue weighted by atomic mass is 35.5. The second-order valence-electron chi connectivity index (χ2n) is 9.92. The zero-order valence-corrected chi connectivity index (χ0v) is 22.3. The number of alkyl halides is 3. The highest BCUT2D eigenvalue weighted by Crippen LogP contribution is 2.31. The number of piperazine rings is 1. The first-order valence-electron chi connectivity index (χ1n) is 12.7. The summed E-state index contributed by atoms with van der Waals surface area (Å²) in [6.45, 7) is 5.43. The van der Waals surface area contributed by atoms with Crippen molar-refractivity contribution in [2.75, 3.05) is 66.1 Å². The van der Waals surface area contributed by atoms with Crippen LogP contribution >= 0.6 is 11.6 Å². The Balaban J connectivity index is 1.50. The molecule has 39 heavy (non-hydrogen) atoms. The lowest BCUT2D eigenvalue weighted by molar-refractivity contribution is -0.137. The van der Waals surface area contributed by atoms with Crippen molar-refractivity contribution < 1.29 is 36.9 Å². The van der Waals surface area contributed by atoms with Gasteiger partial charge in [-0.05, 0) is 42.3 Å². The van der Waals surface area contributed by atoms with Gasteiger partial charge in [0.2, 0.25) is 0 Å². The van der Waals surface area contributed by atoms with Crippen LogP contribution < -0.4 is 0 Å². The highest BCUT2D eigenvalue weighted by molar-refractivity contribution is 6.32. The molecule has 4 rings (SSSR count). The molecule has 2 fully saturated rings. The minimum absolute atomic E-state index is 0.0106. The molecular weight excluding hydrogens is 542 g/mol. The van der Waals surface area contributed by atoms with E-state index in [9.17, 15) is 27.5 Å². The van der Waals surface area contributed by atoms with Gasteiger partial charge in [-0.1, -0.05) is 17.7 Å². The summed E-state index contributed by atoms with van der Waals surface area (Å²) < 4.78 is 64.9. The fraction of sp³-hybridized carbons (Fsp3) is 0.519. The number of nitrogens with zero attached hydrogens (tertiary/aromatic N) is 3. The summed E-state index contributed by atoms with van der Waals surface area (Å²) in [6, 6.07) is 6.29. The standard InChI is InChI=1S/C27H32ClF4N3O4/c1-38-17-23-16-34(8-9-39-23)5-4-33-6-7-35(22(15-33)10-18-2-3-24(28)25(36)11-18)26(37)19-12-20(27(30,31)32)14-21(29)13-19/h2-3,11-14,22-23,36H,4-10,15-17H2,1H3/t22-,23+/m1/s1. The molecule has 0 radical (unpaired) electrons. The number of phenols is 1. The van der Waals surface area contributed by atoms with Crippen molar-refractivity contribution in [2.45, 2.75) is 24.7 Å². The largest absolute Gasteiger partial charge is 0.506 e. The van der Waals surface area contributed by atoms with Crippen molar-refractivity contribution in [3.8, 4) is 5.75 Å². The van der Waals surface area contributed by atoms with Crippen LogP contribution in [-0.2, 0) is 22.1 Å². The number of phenolic OH excluding ortho intramolecular Hbond substituents is 1. The van der Waals surface area contributed by atoms with Gasteiger partial charge in [0.25, 0.3) is 5.91 Å². The number of amides is 1. The van der Waals surface area contributed by atoms with Gasteiger partial charge in [-0.2, -0.15) is 13.2 Å². The van der Waals surface area contributed by atoms with Crippen molar-refractivity contribution in [1.82, 2.24) is 14.7 Å². The Morgan fingerprint density at radius 1 is 1.10 bits per heavy atom. The molecule has 214 valence electrons. The normalized spacial score (nSPS) is 21.3. The van der Waals surface area contributed by atoms with Gasteiger partial charge in [0, 0.05) is 64.5 Å². The molecule has 12 heteroatoms. The third kappa shape index (κ3) is 7.82. The first kappa shape index (κ1) is 29.5. The average molecular weight is 574 g/mol. The molecule has 2 saturated heterocycles. The number of halogens is 5. The van der Waals surface area contributed by atoms with E-state index in [1.807, 2.05) is 0 Å². The Kier molecular flexibility index (Phi) is 9.71. The third-order valence-electron chi connectivity index (χ3n) is 7.09. The summed E-state index contributed by atoms with van der Waals surface area (Å²) in [6.07, 6.45) is -4.43. The van der Waals surface area contributed by atoms with E-state index in [-0.39, 0.29) is 29.0 Å². The van der Waals surface area contributed by atoms with Gasteiger partial charge in [-0.3, -0.25) is 14.6 Å². The van der Waals surface area contributed by atoms with E-state index in [0.717, 1.165) is 32.2 Å². The molecule has 2 aliphatic heterocycles. The molecular formula is C27H32ClF4N3O4. The van der Waals surface area contributed by atoms with Crippen LogP contribution in [-0.4, -0.2) is 104 Å². The van der Waals surface area contributed by atoms with E-state index in [4.69, 9.17) is 21.1 Å². The van der Waals surface area contributed by atoms with Gasteiger partial charge in [-0.15, -0.1) is 0 Å². The van der Waals surface area contributed by atoms with Crippen molar-refractivity contribution in [3.63, 3.8) is 0 Å². The van der Waals surface area contributed by atoms with Crippen LogP contribution in [0.25, 0.3) is 0 Å². The summed E-state index contributed by atoms with van der Waals surface area (Å²) in [7, 11) is 1.64.